The summed E-state index contributed by atoms with van der Waals surface area (Å²) in [6.45, 7) is 10.6. The van der Waals surface area contributed by atoms with Gasteiger partial charge < -0.3 is 14.6 Å². The summed E-state index contributed by atoms with van der Waals surface area (Å²) in [7, 11) is -4.76. The number of carboxylic acid groups (broad SMARTS) is 1. The molecule has 0 spiro atoms. The van der Waals surface area contributed by atoms with Crippen molar-refractivity contribution in [3.05, 3.63) is 0 Å². The third-order valence-corrected chi connectivity index (χ3v) is 10.1. The summed E-state index contributed by atoms with van der Waals surface area (Å²) in [4.78, 5) is 34.5. The predicted molar refractivity (Wildman–Crippen MR) is 203 cm³/mol. The maximum atomic E-state index is 12.2. The summed E-state index contributed by atoms with van der Waals surface area (Å²) in [6, 6.07) is 0. The van der Waals surface area contributed by atoms with Gasteiger partial charge >= 0.3 is 47.5 Å². The van der Waals surface area contributed by atoms with Gasteiger partial charge in [-0.1, -0.05) is 163 Å². The molecule has 0 aliphatic heterocycles. The van der Waals surface area contributed by atoms with Crippen LogP contribution in [0, 0.1) is 11.8 Å². The van der Waals surface area contributed by atoms with Crippen molar-refractivity contribution in [3.8, 4) is 0 Å². The fourth-order valence-corrected chi connectivity index (χ4v) is 6.13. The summed E-state index contributed by atoms with van der Waals surface area (Å²) < 4.78 is 42.8. The van der Waals surface area contributed by atoms with Crippen LogP contribution in [0.3, 0.4) is 0 Å². The van der Waals surface area contributed by atoms with Gasteiger partial charge in [0.15, 0.2) is 5.25 Å². The van der Waals surface area contributed by atoms with Crippen LogP contribution in [0.5, 0.6) is 0 Å². The Balaban J connectivity index is -0.000000893. The van der Waals surface area contributed by atoms with E-state index in [1.807, 2.05) is 13.8 Å². The molecular formula is C38H75NaO9S. The van der Waals surface area contributed by atoms with Crippen LogP contribution in [0.15, 0.2) is 0 Å². The van der Waals surface area contributed by atoms with Crippen LogP contribution in [0.4, 0.5) is 0 Å². The van der Waals surface area contributed by atoms with E-state index in [0.29, 0.717) is 6.42 Å². The zero-order chi connectivity index (χ0) is 36.5. The van der Waals surface area contributed by atoms with E-state index in [1.54, 1.807) is 0 Å². The number of ether oxygens (including phenoxy) is 2. The fourth-order valence-electron chi connectivity index (χ4n) is 5.47. The van der Waals surface area contributed by atoms with Crippen LogP contribution >= 0.6 is 0 Å². The predicted octanol–water partition coefficient (Wildman–Crippen LogP) is 9.84. The van der Waals surface area contributed by atoms with Crippen LogP contribution in [0.2, 0.25) is 0 Å². The van der Waals surface area contributed by atoms with Crippen LogP contribution in [-0.2, 0) is 34.0 Å². The SMILES string of the molecule is CCCCC(CC)COC(=O)CC(C(=O)OCC(CC)CCCC)S(=O)(=O)O.CCCCCCCCCCCCCCCCCC(=O)O.[NaH]. The van der Waals surface area contributed by atoms with Gasteiger partial charge in [-0.05, 0) is 31.1 Å². The number of aliphatic carboxylic acids is 1. The Hall–Kier alpha value is -0.680. The minimum absolute atomic E-state index is 0. The van der Waals surface area contributed by atoms with Gasteiger partial charge in [-0.2, -0.15) is 8.42 Å². The van der Waals surface area contributed by atoms with Crippen molar-refractivity contribution in [2.24, 2.45) is 11.8 Å². The van der Waals surface area contributed by atoms with Crippen LogP contribution in [-0.4, -0.2) is 84.0 Å². The Bertz CT molecular complexity index is 882. The fraction of sp³-hybridized carbons (Fsp3) is 0.921. The topological polar surface area (TPSA) is 144 Å². The van der Waals surface area contributed by atoms with Crippen molar-refractivity contribution in [1.29, 1.82) is 0 Å². The molecule has 3 atom stereocenters. The van der Waals surface area contributed by atoms with Crippen molar-refractivity contribution in [2.75, 3.05) is 13.2 Å². The Morgan fingerprint density at radius 2 is 0.939 bits per heavy atom. The van der Waals surface area contributed by atoms with Gasteiger partial charge in [0.2, 0.25) is 0 Å². The van der Waals surface area contributed by atoms with E-state index >= 15 is 0 Å². The third kappa shape index (κ3) is 35.5. The molecule has 0 aromatic heterocycles. The van der Waals surface area contributed by atoms with Crippen molar-refractivity contribution in [1.82, 2.24) is 0 Å². The molecular weight excluding hydrogens is 655 g/mol. The number of esters is 2. The summed E-state index contributed by atoms with van der Waals surface area (Å²) in [5.41, 5.74) is 0. The van der Waals surface area contributed by atoms with Crippen LogP contribution < -0.4 is 0 Å². The average Bonchev–Trinajstić information content (AvgIpc) is 3.05. The maximum absolute atomic E-state index is 12.2. The number of carbonyl (C=O) groups is 3. The monoisotopic (exact) mass is 731 g/mol. The Morgan fingerprint density at radius 3 is 1.29 bits per heavy atom. The summed E-state index contributed by atoms with van der Waals surface area (Å²) in [5, 5.41) is 6.57. The van der Waals surface area contributed by atoms with E-state index < -0.39 is 39.7 Å². The van der Waals surface area contributed by atoms with Gasteiger partial charge in [0.1, 0.15) is 0 Å². The molecule has 49 heavy (non-hydrogen) atoms. The van der Waals surface area contributed by atoms with Crippen molar-refractivity contribution >= 4 is 57.6 Å². The van der Waals surface area contributed by atoms with Crippen molar-refractivity contribution < 1.29 is 41.9 Å². The first-order chi connectivity index (χ1) is 23.0. The standard InChI is InChI=1S/C20H38O7S.C18H36O2.Na.H/c1-5-9-11-16(7-3)14-26-19(21)13-18(28(23,24)25)20(22)27-15-17(8-4)12-10-6-2;1-2-3-4-5-6-7-8-9-10-11-12-13-14-15-16-17-18(19)20;;/h16-18H,5-15H2,1-4H3,(H,23,24,25);2-17H2,1H3,(H,19,20);;. The minimum atomic E-state index is -4.76. The first-order valence-electron chi connectivity index (χ1n) is 19.5. The van der Waals surface area contributed by atoms with E-state index in [4.69, 9.17) is 14.6 Å². The molecule has 0 heterocycles. The molecule has 0 saturated carbocycles. The number of unbranched alkanes of at least 4 members (excludes halogenated alkanes) is 16. The second kappa shape index (κ2) is 37.1. The summed E-state index contributed by atoms with van der Waals surface area (Å²) in [5.74, 6) is -2.26. The molecule has 9 nitrogen and oxygen atoms in total. The van der Waals surface area contributed by atoms with E-state index in [9.17, 15) is 27.4 Å². The number of carboxylic acids is 1. The molecule has 0 aromatic carbocycles. The van der Waals surface area contributed by atoms with Gasteiger partial charge in [-0.3, -0.25) is 18.9 Å². The van der Waals surface area contributed by atoms with Gasteiger partial charge in [-0.25, -0.2) is 0 Å². The summed E-state index contributed by atoms with van der Waals surface area (Å²) in [6.07, 6.45) is 26.9. The third-order valence-electron chi connectivity index (χ3n) is 9.00. The average molecular weight is 731 g/mol. The number of hydrogen-bond donors (Lipinski definition) is 2. The Kier molecular flexibility index (Phi) is 39.9. The van der Waals surface area contributed by atoms with Gasteiger partial charge in [0.05, 0.1) is 19.6 Å². The van der Waals surface area contributed by atoms with Gasteiger partial charge in [-0.15, -0.1) is 0 Å². The summed E-state index contributed by atoms with van der Waals surface area (Å²) >= 11 is 0. The Morgan fingerprint density at radius 1 is 0.571 bits per heavy atom. The Labute approximate surface area is 323 Å². The molecule has 0 aliphatic rings. The number of hydrogen-bond acceptors (Lipinski definition) is 7. The molecule has 2 N–H and O–H groups in total. The first-order valence-corrected chi connectivity index (χ1v) is 21.0. The second-order valence-corrected chi connectivity index (χ2v) is 15.0. The van der Waals surface area contributed by atoms with Gasteiger partial charge in [0, 0.05) is 6.42 Å². The number of rotatable bonds is 32. The molecule has 0 amide bonds. The van der Waals surface area contributed by atoms with Gasteiger partial charge in [0.25, 0.3) is 10.1 Å². The second-order valence-electron chi connectivity index (χ2n) is 13.4. The molecule has 0 saturated heterocycles. The normalized spacial score (nSPS) is 12.9. The molecule has 0 radical (unpaired) electrons. The molecule has 0 aliphatic carbocycles. The molecule has 11 heteroatoms. The molecule has 3 unspecified atom stereocenters. The molecule has 0 aromatic rings. The number of carbonyl (C=O) groups excluding carboxylic acids is 2. The molecule has 288 valence electrons. The molecule has 0 bridgehead atoms. The zero-order valence-electron chi connectivity index (χ0n) is 31.5. The van der Waals surface area contributed by atoms with E-state index in [1.165, 1.54) is 83.5 Å². The van der Waals surface area contributed by atoms with E-state index in [0.717, 1.165) is 64.2 Å². The van der Waals surface area contributed by atoms with Crippen molar-refractivity contribution in [2.45, 2.75) is 200 Å². The van der Waals surface area contributed by atoms with Crippen LogP contribution in [0.25, 0.3) is 0 Å². The van der Waals surface area contributed by atoms with Crippen molar-refractivity contribution in [3.63, 3.8) is 0 Å². The van der Waals surface area contributed by atoms with E-state index in [-0.39, 0.29) is 54.6 Å². The quantitative estimate of drug-likeness (QED) is 0.0299. The first kappa shape index (κ1) is 52.7. The zero-order valence-corrected chi connectivity index (χ0v) is 32.3. The molecule has 0 rings (SSSR count). The van der Waals surface area contributed by atoms with Crippen LogP contribution in [0.1, 0.15) is 195 Å². The van der Waals surface area contributed by atoms with E-state index in [2.05, 4.69) is 20.8 Å². The molecule has 0 fully saturated rings.